The number of nitrogens with zero attached hydrogens (tertiary/aromatic N) is 1. The van der Waals surface area contributed by atoms with Gasteiger partial charge in [-0.15, -0.1) is 0 Å². The number of nitriles is 1. The molecule has 1 aromatic carbocycles. The molecule has 0 aromatic heterocycles. The van der Waals surface area contributed by atoms with Crippen molar-refractivity contribution in [2.75, 3.05) is 6.61 Å². The van der Waals surface area contributed by atoms with Gasteiger partial charge in [0.05, 0.1) is 12.2 Å². The van der Waals surface area contributed by atoms with Crippen LogP contribution in [0.1, 0.15) is 19.4 Å². The lowest BCUT2D eigenvalue weighted by molar-refractivity contribution is -0.140. The van der Waals surface area contributed by atoms with Gasteiger partial charge in [0.1, 0.15) is 11.8 Å². The zero-order valence-electron chi connectivity index (χ0n) is 8.73. The average Bonchev–Trinajstić information content (AvgIpc) is 2.19. The fraction of sp³-hybridized carbons (Fsp3) is 0.273. The number of hydrogen-bond acceptors (Lipinski definition) is 4. The van der Waals surface area contributed by atoms with E-state index in [4.69, 9.17) is 10.4 Å². The first kappa shape index (κ1) is 13.0. The van der Waals surface area contributed by atoms with Crippen LogP contribution in [-0.4, -0.2) is 17.7 Å². The standard InChI is InChI=1S/C7H5NO.C4H8O2/c8-5-6-3-1-2-4-7(6)9;1-3-6-4(2)5/h1-4,9H;3H2,1-2H3. The summed E-state index contributed by atoms with van der Waals surface area (Å²) in [5.74, 6) is -0.169. The van der Waals surface area contributed by atoms with E-state index in [1.807, 2.05) is 6.07 Å². The van der Waals surface area contributed by atoms with Crippen LogP contribution < -0.4 is 0 Å². The number of carbonyl (C=O) groups excluding carboxylic acids is 1. The molecule has 1 rings (SSSR count). The number of aromatic hydroxyl groups is 1. The molecule has 0 fully saturated rings. The molecule has 0 bridgehead atoms. The van der Waals surface area contributed by atoms with E-state index >= 15 is 0 Å². The molecular weight excluding hydrogens is 194 g/mol. The highest BCUT2D eigenvalue weighted by Crippen LogP contribution is 2.12. The normalized spacial score (nSPS) is 8.07. The number of hydrogen-bond donors (Lipinski definition) is 1. The van der Waals surface area contributed by atoms with Crippen molar-refractivity contribution in [2.24, 2.45) is 0 Å². The highest BCUT2D eigenvalue weighted by Gasteiger charge is 1.93. The quantitative estimate of drug-likeness (QED) is 0.713. The Morgan fingerprint density at radius 3 is 2.40 bits per heavy atom. The van der Waals surface area contributed by atoms with Crippen molar-refractivity contribution in [2.45, 2.75) is 13.8 Å². The molecule has 0 spiro atoms. The Morgan fingerprint density at radius 1 is 1.53 bits per heavy atom. The second-order valence-electron chi connectivity index (χ2n) is 2.55. The molecule has 0 radical (unpaired) electrons. The Labute approximate surface area is 88.7 Å². The molecule has 1 N–H and O–H groups in total. The van der Waals surface area contributed by atoms with Gasteiger partial charge in [-0.3, -0.25) is 4.79 Å². The van der Waals surface area contributed by atoms with Gasteiger partial charge in [-0.25, -0.2) is 0 Å². The summed E-state index contributed by atoms with van der Waals surface area (Å²) < 4.78 is 4.40. The minimum absolute atomic E-state index is 0.0417. The third kappa shape index (κ3) is 6.11. The van der Waals surface area contributed by atoms with Gasteiger partial charge in [0, 0.05) is 6.92 Å². The van der Waals surface area contributed by atoms with Crippen molar-refractivity contribution in [3.8, 4) is 11.8 Å². The van der Waals surface area contributed by atoms with Crippen molar-refractivity contribution in [3.63, 3.8) is 0 Å². The molecule has 0 saturated heterocycles. The third-order valence-corrected chi connectivity index (χ3v) is 1.37. The van der Waals surface area contributed by atoms with Crippen molar-refractivity contribution >= 4 is 5.97 Å². The van der Waals surface area contributed by atoms with Crippen molar-refractivity contribution in [1.29, 1.82) is 5.26 Å². The van der Waals surface area contributed by atoms with Crippen LogP contribution in [0.25, 0.3) is 0 Å². The molecule has 80 valence electrons. The molecule has 4 heteroatoms. The van der Waals surface area contributed by atoms with E-state index in [1.165, 1.54) is 13.0 Å². The Hall–Kier alpha value is -2.02. The summed E-state index contributed by atoms with van der Waals surface area (Å²) in [4.78, 5) is 9.82. The second kappa shape index (κ2) is 7.39. The number of phenolic OH excluding ortho intramolecular Hbond substituents is 1. The number of phenols is 1. The number of ether oxygens (including phenoxy) is 1. The van der Waals surface area contributed by atoms with E-state index in [1.54, 1.807) is 25.1 Å². The summed E-state index contributed by atoms with van der Waals surface area (Å²) >= 11 is 0. The van der Waals surface area contributed by atoms with E-state index in [2.05, 4.69) is 4.74 Å². The molecular formula is C11H13NO3. The largest absolute Gasteiger partial charge is 0.507 e. The number of carbonyl (C=O) groups is 1. The molecule has 0 atom stereocenters. The van der Waals surface area contributed by atoms with Crippen LogP contribution in [0.5, 0.6) is 5.75 Å². The summed E-state index contributed by atoms with van der Waals surface area (Å²) in [5.41, 5.74) is 0.317. The van der Waals surface area contributed by atoms with Gasteiger partial charge in [0.15, 0.2) is 0 Å². The van der Waals surface area contributed by atoms with Crippen molar-refractivity contribution in [3.05, 3.63) is 29.8 Å². The predicted molar refractivity (Wildman–Crippen MR) is 55.1 cm³/mol. The molecule has 0 amide bonds. The number of para-hydroxylation sites is 1. The van der Waals surface area contributed by atoms with E-state index in [9.17, 15) is 4.79 Å². The Morgan fingerprint density at radius 2 is 2.13 bits per heavy atom. The van der Waals surface area contributed by atoms with Gasteiger partial charge in [-0.05, 0) is 19.1 Å². The maximum atomic E-state index is 9.82. The molecule has 0 aliphatic rings. The number of benzene rings is 1. The lowest BCUT2D eigenvalue weighted by atomic mass is 10.2. The van der Waals surface area contributed by atoms with Gasteiger partial charge >= 0.3 is 5.97 Å². The van der Waals surface area contributed by atoms with Crippen molar-refractivity contribution < 1.29 is 14.6 Å². The van der Waals surface area contributed by atoms with Crippen LogP contribution in [-0.2, 0) is 9.53 Å². The average molecular weight is 207 g/mol. The van der Waals surface area contributed by atoms with Gasteiger partial charge in [-0.2, -0.15) is 5.26 Å². The summed E-state index contributed by atoms with van der Waals surface area (Å²) in [6.45, 7) is 3.65. The lowest BCUT2D eigenvalue weighted by Crippen LogP contribution is -1.95. The number of esters is 1. The first-order valence-electron chi connectivity index (χ1n) is 4.43. The van der Waals surface area contributed by atoms with Crippen LogP contribution in [0.3, 0.4) is 0 Å². The Bertz CT molecular complexity index is 355. The zero-order chi connectivity index (χ0) is 11.7. The molecule has 0 saturated carbocycles. The summed E-state index contributed by atoms with van der Waals surface area (Å²) in [6.07, 6.45) is 0. The zero-order valence-corrected chi connectivity index (χ0v) is 8.73. The molecule has 1 aromatic rings. The molecule has 4 nitrogen and oxygen atoms in total. The van der Waals surface area contributed by atoms with E-state index < -0.39 is 0 Å². The smallest absolute Gasteiger partial charge is 0.302 e. The van der Waals surface area contributed by atoms with Crippen LogP contribution >= 0.6 is 0 Å². The number of rotatable bonds is 1. The van der Waals surface area contributed by atoms with Gasteiger partial charge in [0.25, 0.3) is 0 Å². The minimum atomic E-state index is -0.211. The Kier molecular flexibility index (Phi) is 6.39. The first-order valence-corrected chi connectivity index (χ1v) is 4.43. The summed E-state index contributed by atoms with van der Waals surface area (Å²) in [7, 11) is 0. The third-order valence-electron chi connectivity index (χ3n) is 1.37. The molecule has 15 heavy (non-hydrogen) atoms. The lowest BCUT2D eigenvalue weighted by Gasteiger charge is -1.89. The van der Waals surface area contributed by atoms with Crippen LogP contribution in [0.4, 0.5) is 0 Å². The summed E-state index contributed by atoms with van der Waals surface area (Å²) in [6, 6.07) is 8.28. The fourth-order valence-electron chi connectivity index (χ4n) is 0.771. The molecule has 0 unspecified atom stereocenters. The highest BCUT2D eigenvalue weighted by molar-refractivity contribution is 5.65. The van der Waals surface area contributed by atoms with E-state index in [-0.39, 0.29) is 11.7 Å². The van der Waals surface area contributed by atoms with E-state index in [0.29, 0.717) is 12.2 Å². The van der Waals surface area contributed by atoms with Crippen LogP contribution in [0.15, 0.2) is 24.3 Å². The van der Waals surface area contributed by atoms with Crippen LogP contribution in [0, 0.1) is 11.3 Å². The highest BCUT2D eigenvalue weighted by atomic mass is 16.5. The monoisotopic (exact) mass is 207 g/mol. The second-order valence-corrected chi connectivity index (χ2v) is 2.55. The fourth-order valence-corrected chi connectivity index (χ4v) is 0.771. The SMILES string of the molecule is CCOC(C)=O.N#Cc1ccccc1O. The topological polar surface area (TPSA) is 70.3 Å². The predicted octanol–water partition coefficient (Wildman–Crippen LogP) is 1.83. The van der Waals surface area contributed by atoms with Gasteiger partial charge in [-0.1, -0.05) is 12.1 Å². The summed E-state index contributed by atoms with van der Waals surface area (Å²) in [5, 5.41) is 17.2. The van der Waals surface area contributed by atoms with Crippen LogP contribution in [0.2, 0.25) is 0 Å². The molecule has 0 aliphatic carbocycles. The molecule has 0 aliphatic heterocycles. The van der Waals surface area contributed by atoms with E-state index in [0.717, 1.165) is 0 Å². The van der Waals surface area contributed by atoms with Gasteiger partial charge in [0.2, 0.25) is 0 Å². The minimum Gasteiger partial charge on any atom is -0.507 e. The van der Waals surface area contributed by atoms with Gasteiger partial charge < -0.3 is 9.84 Å². The Balaban J connectivity index is 0.000000288. The first-order chi connectivity index (χ1) is 7.11. The van der Waals surface area contributed by atoms with Crippen molar-refractivity contribution in [1.82, 2.24) is 0 Å². The molecule has 0 heterocycles. The maximum absolute atomic E-state index is 9.82. The maximum Gasteiger partial charge on any atom is 0.302 e.